The van der Waals surface area contributed by atoms with Gasteiger partial charge in [-0.05, 0) is 13.1 Å². The van der Waals surface area contributed by atoms with E-state index in [1.54, 1.807) is 7.05 Å². The van der Waals surface area contributed by atoms with Crippen molar-refractivity contribution in [2.45, 2.75) is 12.8 Å². The highest BCUT2D eigenvalue weighted by Crippen LogP contribution is 2.35. The lowest BCUT2D eigenvalue weighted by Crippen LogP contribution is -2.22. The molecule has 1 rings (SSSR count). The Morgan fingerprint density at radius 2 is 2.12 bits per heavy atom. The average Bonchev–Trinajstić information content (AvgIpc) is 2.15. The molecule has 16 heavy (non-hydrogen) atoms. The molecule has 0 bridgehead atoms. The molecule has 0 aliphatic heterocycles. The first kappa shape index (κ1) is 13.1. The van der Waals surface area contributed by atoms with Gasteiger partial charge in [-0.15, -0.1) is 0 Å². The molecule has 88 valence electrons. The van der Waals surface area contributed by atoms with Gasteiger partial charge in [-0.25, -0.2) is 8.78 Å². The van der Waals surface area contributed by atoms with Crippen LogP contribution < -0.4 is 5.32 Å². The van der Waals surface area contributed by atoms with Crippen LogP contribution in [0.1, 0.15) is 22.8 Å². The van der Waals surface area contributed by atoms with Gasteiger partial charge < -0.3 is 5.32 Å². The van der Waals surface area contributed by atoms with E-state index in [2.05, 4.69) is 5.32 Å². The second-order valence-corrected chi connectivity index (χ2v) is 3.91. The molecule has 0 saturated carbocycles. The van der Waals surface area contributed by atoms with E-state index in [1.165, 1.54) is 18.2 Å². The Hall–Kier alpha value is -1.00. The highest BCUT2D eigenvalue weighted by atomic mass is 35.5. The SMILES string of the molecule is CNCC(=O)c1cccc(Cl)c1C(C)(F)F. The summed E-state index contributed by atoms with van der Waals surface area (Å²) in [6, 6.07) is 4.20. The lowest BCUT2D eigenvalue weighted by atomic mass is 9.99. The molecule has 0 spiro atoms. The van der Waals surface area contributed by atoms with Crippen molar-refractivity contribution in [3.63, 3.8) is 0 Å². The molecule has 0 aliphatic carbocycles. The molecule has 1 aromatic carbocycles. The van der Waals surface area contributed by atoms with Crippen LogP contribution in [0.5, 0.6) is 0 Å². The van der Waals surface area contributed by atoms with E-state index >= 15 is 0 Å². The molecule has 5 heteroatoms. The normalized spacial score (nSPS) is 11.6. The Morgan fingerprint density at radius 1 is 1.50 bits per heavy atom. The third-order valence-electron chi connectivity index (χ3n) is 2.09. The van der Waals surface area contributed by atoms with Gasteiger partial charge in [0.05, 0.1) is 11.6 Å². The summed E-state index contributed by atoms with van der Waals surface area (Å²) in [6.45, 7) is 0.730. The number of ketones is 1. The van der Waals surface area contributed by atoms with Crippen LogP contribution in [0, 0.1) is 0 Å². The molecule has 0 radical (unpaired) electrons. The molecule has 0 aliphatic rings. The Bertz CT molecular complexity index is 401. The van der Waals surface area contributed by atoms with E-state index < -0.39 is 17.3 Å². The van der Waals surface area contributed by atoms with E-state index in [1.807, 2.05) is 0 Å². The summed E-state index contributed by atoms with van der Waals surface area (Å²) in [4.78, 5) is 11.6. The zero-order valence-corrected chi connectivity index (χ0v) is 9.74. The summed E-state index contributed by atoms with van der Waals surface area (Å²) >= 11 is 5.71. The van der Waals surface area contributed by atoms with Crippen molar-refractivity contribution in [2.75, 3.05) is 13.6 Å². The van der Waals surface area contributed by atoms with Gasteiger partial charge in [-0.2, -0.15) is 0 Å². The van der Waals surface area contributed by atoms with E-state index in [0.29, 0.717) is 0 Å². The number of hydrogen-bond donors (Lipinski definition) is 1. The van der Waals surface area contributed by atoms with Gasteiger partial charge in [0.2, 0.25) is 0 Å². The van der Waals surface area contributed by atoms with Crippen LogP contribution in [0.25, 0.3) is 0 Å². The number of likely N-dealkylation sites (N-methyl/N-ethyl adjacent to an activating group) is 1. The molecular weight excluding hydrogens is 236 g/mol. The van der Waals surface area contributed by atoms with Crippen molar-refractivity contribution in [3.8, 4) is 0 Å². The van der Waals surface area contributed by atoms with Gasteiger partial charge in [0, 0.05) is 18.1 Å². The molecule has 1 N–H and O–H groups in total. The third kappa shape index (κ3) is 2.77. The maximum absolute atomic E-state index is 13.3. The molecular formula is C11H12ClF2NO. The van der Waals surface area contributed by atoms with Crippen LogP contribution >= 0.6 is 11.6 Å². The number of alkyl halides is 2. The predicted molar refractivity (Wildman–Crippen MR) is 59.3 cm³/mol. The van der Waals surface area contributed by atoms with E-state index in [0.717, 1.165) is 6.92 Å². The fourth-order valence-corrected chi connectivity index (χ4v) is 1.80. The van der Waals surface area contributed by atoms with Crippen molar-refractivity contribution in [1.82, 2.24) is 5.32 Å². The van der Waals surface area contributed by atoms with Crippen LogP contribution in [-0.4, -0.2) is 19.4 Å². The van der Waals surface area contributed by atoms with Crippen molar-refractivity contribution >= 4 is 17.4 Å². The Labute approximate surface area is 97.6 Å². The van der Waals surface area contributed by atoms with Crippen LogP contribution in [0.15, 0.2) is 18.2 Å². The fourth-order valence-electron chi connectivity index (χ4n) is 1.46. The maximum atomic E-state index is 13.3. The highest BCUT2D eigenvalue weighted by molar-refractivity contribution is 6.32. The van der Waals surface area contributed by atoms with Crippen LogP contribution in [0.2, 0.25) is 5.02 Å². The number of benzene rings is 1. The molecule has 0 atom stereocenters. The van der Waals surface area contributed by atoms with Crippen molar-refractivity contribution < 1.29 is 13.6 Å². The summed E-state index contributed by atoms with van der Waals surface area (Å²) in [5, 5.41) is 2.54. The van der Waals surface area contributed by atoms with Crippen molar-refractivity contribution in [2.24, 2.45) is 0 Å². The van der Waals surface area contributed by atoms with Crippen molar-refractivity contribution in [3.05, 3.63) is 34.3 Å². The molecule has 0 unspecified atom stereocenters. The minimum atomic E-state index is -3.13. The fraction of sp³-hybridized carbons (Fsp3) is 0.364. The number of carbonyl (C=O) groups is 1. The zero-order chi connectivity index (χ0) is 12.3. The second kappa shape index (κ2) is 4.89. The monoisotopic (exact) mass is 247 g/mol. The summed E-state index contributed by atoms with van der Waals surface area (Å²) in [6.07, 6.45) is 0. The quantitative estimate of drug-likeness (QED) is 0.829. The first-order valence-electron chi connectivity index (χ1n) is 4.72. The third-order valence-corrected chi connectivity index (χ3v) is 2.41. The number of nitrogens with one attached hydrogen (secondary N) is 1. The van der Waals surface area contributed by atoms with Gasteiger partial charge in [-0.3, -0.25) is 4.79 Å². The number of Topliss-reactive ketones (excluding diaryl/α,β-unsaturated/α-hetero) is 1. The molecule has 0 fully saturated rings. The summed E-state index contributed by atoms with van der Waals surface area (Å²) in [5.74, 6) is -3.53. The molecule has 1 aromatic rings. The lowest BCUT2D eigenvalue weighted by molar-refractivity contribution is 0.0166. The Morgan fingerprint density at radius 3 is 2.62 bits per heavy atom. The zero-order valence-electron chi connectivity index (χ0n) is 8.98. The summed E-state index contributed by atoms with van der Waals surface area (Å²) < 4.78 is 26.6. The van der Waals surface area contributed by atoms with Crippen LogP contribution in [0.4, 0.5) is 8.78 Å². The van der Waals surface area contributed by atoms with Crippen LogP contribution in [0.3, 0.4) is 0 Å². The standard InChI is InChI=1S/C11H12ClF2NO/c1-11(13,14)10-7(9(16)6-15-2)4-3-5-8(10)12/h3-5,15H,6H2,1-2H3. The summed E-state index contributed by atoms with van der Waals surface area (Å²) in [7, 11) is 1.58. The van der Waals surface area contributed by atoms with E-state index in [-0.39, 0.29) is 17.1 Å². The van der Waals surface area contributed by atoms with E-state index in [9.17, 15) is 13.6 Å². The lowest BCUT2D eigenvalue weighted by Gasteiger charge is -2.16. The minimum absolute atomic E-state index is 0.00340. The maximum Gasteiger partial charge on any atom is 0.272 e. The number of halogens is 3. The van der Waals surface area contributed by atoms with Crippen molar-refractivity contribution in [1.29, 1.82) is 0 Å². The first-order chi connectivity index (χ1) is 7.38. The Balaban J connectivity index is 3.29. The molecule has 0 amide bonds. The van der Waals surface area contributed by atoms with Gasteiger partial charge in [0.25, 0.3) is 5.92 Å². The first-order valence-corrected chi connectivity index (χ1v) is 5.10. The van der Waals surface area contributed by atoms with Gasteiger partial charge >= 0.3 is 0 Å². The van der Waals surface area contributed by atoms with Gasteiger partial charge in [-0.1, -0.05) is 23.7 Å². The average molecular weight is 248 g/mol. The topological polar surface area (TPSA) is 29.1 Å². The largest absolute Gasteiger partial charge is 0.313 e. The molecule has 0 heterocycles. The molecule has 0 saturated heterocycles. The van der Waals surface area contributed by atoms with Gasteiger partial charge in [0.1, 0.15) is 0 Å². The van der Waals surface area contributed by atoms with Crippen LogP contribution in [-0.2, 0) is 5.92 Å². The molecule has 0 aromatic heterocycles. The molecule has 2 nitrogen and oxygen atoms in total. The summed E-state index contributed by atoms with van der Waals surface area (Å²) in [5.41, 5.74) is -0.439. The highest BCUT2D eigenvalue weighted by Gasteiger charge is 2.32. The Kier molecular flexibility index (Phi) is 3.99. The number of carbonyl (C=O) groups excluding carboxylic acids is 1. The number of rotatable bonds is 4. The number of hydrogen-bond acceptors (Lipinski definition) is 2. The predicted octanol–water partition coefficient (Wildman–Crippen LogP) is 2.85. The van der Waals surface area contributed by atoms with E-state index in [4.69, 9.17) is 11.6 Å². The minimum Gasteiger partial charge on any atom is -0.313 e. The second-order valence-electron chi connectivity index (χ2n) is 3.50. The smallest absolute Gasteiger partial charge is 0.272 e. The van der Waals surface area contributed by atoms with Gasteiger partial charge in [0.15, 0.2) is 5.78 Å².